The van der Waals surface area contributed by atoms with Gasteiger partial charge < -0.3 is 14.4 Å². The number of sulfonamides is 1. The lowest BCUT2D eigenvalue weighted by Crippen LogP contribution is -2.37. The van der Waals surface area contributed by atoms with Crippen LogP contribution in [0.15, 0.2) is 28.5 Å². The summed E-state index contributed by atoms with van der Waals surface area (Å²) in [7, 11) is -0.862. The number of benzene rings is 1. The van der Waals surface area contributed by atoms with Crippen molar-refractivity contribution in [2.45, 2.75) is 25.3 Å². The zero-order valence-electron chi connectivity index (χ0n) is 19.1. The number of morpholine rings is 1. The first kappa shape index (κ1) is 25.1. The number of amides is 1. The SMILES string of the molecule is CCN(C(C)=O)c1nc(COC(=O)c2cc(S(=O)(=O)N(C)C)ccc2N2CCOCC2)cs1. The third-order valence-electron chi connectivity index (χ3n) is 5.14. The maximum atomic E-state index is 13.1. The molecular weight excluding hydrogens is 468 g/mol. The summed E-state index contributed by atoms with van der Waals surface area (Å²) in [6.45, 7) is 5.88. The zero-order chi connectivity index (χ0) is 24.2. The van der Waals surface area contributed by atoms with E-state index in [1.165, 1.54) is 49.4 Å². The molecular formula is C21H28N4O6S2. The van der Waals surface area contributed by atoms with Crippen molar-refractivity contribution in [1.29, 1.82) is 0 Å². The Bertz CT molecular complexity index is 1110. The van der Waals surface area contributed by atoms with Gasteiger partial charge in [0.25, 0.3) is 0 Å². The van der Waals surface area contributed by atoms with Gasteiger partial charge in [0.05, 0.1) is 35.1 Å². The Hall–Kier alpha value is -2.54. The maximum Gasteiger partial charge on any atom is 0.340 e. The number of rotatable bonds is 8. The third-order valence-corrected chi connectivity index (χ3v) is 7.86. The monoisotopic (exact) mass is 496 g/mol. The molecule has 0 atom stereocenters. The molecule has 1 amide bonds. The van der Waals surface area contributed by atoms with Crippen molar-refractivity contribution in [2.75, 3.05) is 56.7 Å². The molecule has 1 aromatic heterocycles. The summed E-state index contributed by atoms with van der Waals surface area (Å²) >= 11 is 1.29. The lowest BCUT2D eigenvalue weighted by Gasteiger charge is -2.30. The summed E-state index contributed by atoms with van der Waals surface area (Å²) in [5, 5.41) is 2.26. The lowest BCUT2D eigenvalue weighted by atomic mass is 10.1. The van der Waals surface area contributed by atoms with Gasteiger partial charge in [0.1, 0.15) is 6.61 Å². The van der Waals surface area contributed by atoms with Crippen LogP contribution in [0.25, 0.3) is 0 Å². The second-order valence-corrected chi connectivity index (χ2v) is 10.5. The third kappa shape index (κ3) is 5.69. The molecule has 0 saturated carbocycles. The number of anilines is 2. The number of hydrogen-bond acceptors (Lipinski definition) is 9. The number of hydrogen-bond donors (Lipinski definition) is 0. The van der Waals surface area contributed by atoms with Gasteiger partial charge in [-0.05, 0) is 25.1 Å². The molecule has 0 radical (unpaired) electrons. The predicted molar refractivity (Wildman–Crippen MR) is 125 cm³/mol. The van der Waals surface area contributed by atoms with Gasteiger partial charge in [0.15, 0.2) is 5.13 Å². The highest BCUT2D eigenvalue weighted by Crippen LogP contribution is 2.28. The molecule has 33 heavy (non-hydrogen) atoms. The summed E-state index contributed by atoms with van der Waals surface area (Å²) in [5.41, 5.74) is 1.26. The quantitative estimate of drug-likeness (QED) is 0.510. The first-order valence-electron chi connectivity index (χ1n) is 10.4. The van der Waals surface area contributed by atoms with Crippen molar-refractivity contribution in [2.24, 2.45) is 0 Å². The van der Waals surface area contributed by atoms with Gasteiger partial charge in [0.2, 0.25) is 15.9 Å². The van der Waals surface area contributed by atoms with Gasteiger partial charge in [-0.2, -0.15) is 0 Å². The molecule has 12 heteroatoms. The van der Waals surface area contributed by atoms with Gasteiger partial charge in [-0.25, -0.2) is 22.5 Å². The molecule has 1 aliphatic heterocycles. The highest BCUT2D eigenvalue weighted by molar-refractivity contribution is 7.89. The molecule has 1 saturated heterocycles. The molecule has 0 unspecified atom stereocenters. The van der Waals surface area contributed by atoms with E-state index in [0.717, 1.165) is 4.31 Å². The first-order chi connectivity index (χ1) is 15.6. The number of thiazole rings is 1. The van der Waals surface area contributed by atoms with Crippen LogP contribution in [0.5, 0.6) is 0 Å². The highest BCUT2D eigenvalue weighted by atomic mass is 32.2. The molecule has 0 bridgehead atoms. The van der Waals surface area contributed by atoms with Crippen LogP contribution in [-0.2, 0) is 30.9 Å². The van der Waals surface area contributed by atoms with E-state index in [2.05, 4.69) is 4.98 Å². The minimum atomic E-state index is -3.73. The van der Waals surface area contributed by atoms with Crippen LogP contribution < -0.4 is 9.80 Å². The average Bonchev–Trinajstić information content (AvgIpc) is 3.26. The molecule has 0 N–H and O–H groups in total. The van der Waals surface area contributed by atoms with Crippen molar-refractivity contribution in [3.63, 3.8) is 0 Å². The molecule has 0 spiro atoms. The van der Waals surface area contributed by atoms with Gasteiger partial charge in [-0.1, -0.05) is 0 Å². The predicted octanol–water partition coefficient (Wildman–Crippen LogP) is 1.96. The standard InChI is InChI=1S/C21H28N4O6S2/c1-5-25(15(2)26)21-22-16(14-32-21)13-31-20(27)18-12-17(33(28,29)23(3)4)6-7-19(18)24-8-10-30-11-9-24/h6-7,12,14H,5,8-11,13H2,1-4H3. The highest BCUT2D eigenvalue weighted by Gasteiger charge is 2.25. The molecule has 3 rings (SSSR count). The lowest BCUT2D eigenvalue weighted by molar-refractivity contribution is -0.116. The normalized spacial score (nSPS) is 14.4. The van der Waals surface area contributed by atoms with Crippen LogP contribution in [0.2, 0.25) is 0 Å². The van der Waals surface area contributed by atoms with Crippen LogP contribution >= 0.6 is 11.3 Å². The fraction of sp³-hybridized carbons (Fsp3) is 0.476. The van der Waals surface area contributed by atoms with Gasteiger partial charge in [-0.15, -0.1) is 11.3 Å². The minimum Gasteiger partial charge on any atom is -0.455 e. The smallest absolute Gasteiger partial charge is 0.340 e. The first-order valence-corrected chi connectivity index (χ1v) is 12.8. The summed E-state index contributed by atoms with van der Waals surface area (Å²) in [6, 6.07) is 4.47. The molecule has 2 heterocycles. The van der Waals surface area contributed by atoms with E-state index >= 15 is 0 Å². The summed E-state index contributed by atoms with van der Waals surface area (Å²) in [4.78, 5) is 32.7. The number of aromatic nitrogens is 1. The Kier molecular flexibility index (Phi) is 8.05. The second kappa shape index (κ2) is 10.6. The molecule has 1 fully saturated rings. The average molecular weight is 497 g/mol. The van der Waals surface area contributed by atoms with E-state index in [4.69, 9.17) is 9.47 Å². The Morgan fingerprint density at radius 3 is 2.55 bits per heavy atom. The van der Waals surface area contributed by atoms with Gasteiger partial charge in [-0.3, -0.25) is 9.69 Å². The summed E-state index contributed by atoms with van der Waals surface area (Å²) in [5.74, 6) is -0.773. The fourth-order valence-corrected chi connectivity index (χ4v) is 5.17. The Morgan fingerprint density at radius 2 is 1.94 bits per heavy atom. The zero-order valence-corrected chi connectivity index (χ0v) is 20.7. The Balaban J connectivity index is 1.85. The maximum absolute atomic E-state index is 13.1. The molecule has 180 valence electrons. The van der Waals surface area contributed by atoms with Crippen LogP contribution in [0.3, 0.4) is 0 Å². The van der Waals surface area contributed by atoms with E-state index in [9.17, 15) is 18.0 Å². The van der Waals surface area contributed by atoms with E-state index < -0.39 is 16.0 Å². The van der Waals surface area contributed by atoms with Crippen molar-refractivity contribution in [3.8, 4) is 0 Å². The number of carbonyl (C=O) groups is 2. The van der Waals surface area contributed by atoms with Crippen LogP contribution in [-0.4, -0.2) is 76.5 Å². The molecule has 0 aliphatic carbocycles. The fourth-order valence-electron chi connectivity index (χ4n) is 3.33. The van der Waals surface area contributed by atoms with Crippen LogP contribution in [0.1, 0.15) is 29.9 Å². The number of esters is 1. The van der Waals surface area contributed by atoms with E-state index in [-0.39, 0.29) is 23.0 Å². The van der Waals surface area contributed by atoms with Crippen molar-refractivity contribution >= 4 is 44.1 Å². The number of ether oxygens (including phenoxy) is 2. The molecule has 2 aromatic rings. The number of carbonyl (C=O) groups excluding carboxylic acids is 2. The van der Waals surface area contributed by atoms with E-state index in [1.54, 1.807) is 11.4 Å². The van der Waals surface area contributed by atoms with Gasteiger partial charge >= 0.3 is 5.97 Å². The van der Waals surface area contributed by atoms with Crippen LogP contribution in [0, 0.1) is 0 Å². The second-order valence-electron chi connectivity index (χ2n) is 7.53. The number of nitrogens with zero attached hydrogens (tertiary/aromatic N) is 4. The molecule has 1 aromatic carbocycles. The Labute approximate surface area is 197 Å². The van der Waals surface area contributed by atoms with E-state index in [0.29, 0.717) is 49.4 Å². The summed E-state index contributed by atoms with van der Waals surface area (Å²) < 4.78 is 37.2. The summed E-state index contributed by atoms with van der Waals surface area (Å²) in [6.07, 6.45) is 0. The molecule has 1 aliphatic rings. The minimum absolute atomic E-state index is 0.00690. The Morgan fingerprint density at radius 1 is 1.24 bits per heavy atom. The van der Waals surface area contributed by atoms with Crippen molar-refractivity contribution < 1.29 is 27.5 Å². The molecule has 10 nitrogen and oxygen atoms in total. The van der Waals surface area contributed by atoms with Crippen molar-refractivity contribution in [1.82, 2.24) is 9.29 Å². The van der Waals surface area contributed by atoms with Gasteiger partial charge in [0, 0.05) is 46.0 Å². The van der Waals surface area contributed by atoms with E-state index in [1.807, 2.05) is 11.8 Å². The van der Waals surface area contributed by atoms with Crippen molar-refractivity contribution in [3.05, 3.63) is 34.8 Å². The van der Waals surface area contributed by atoms with Crippen LogP contribution in [0.4, 0.5) is 10.8 Å². The topological polar surface area (TPSA) is 109 Å². The largest absolute Gasteiger partial charge is 0.455 e.